The van der Waals surface area contributed by atoms with Gasteiger partial charge in [0.25, 0.3) is 29.5 Å². The Bertz CT molecular complexity index is 3650. The molecule has 0 spiro atoms. The molecule has 91 heavy (non-hydrogen) atoms. The van der Waals surface area contributed by atoms with Gasteiger partial charge in [0.15, 0.2) is 6.04 Å². The molecule has 2 fully saturated rings. The van der Waals surface area contributed by atoms with Crippen molar-refractivity contribution in [3.05, 3.63) is 208 Å². The van der Waals surface area contributed by atoms with E-state index in [0.717, 1.165) is 16.4 Å². The van der Waals surface area contributed by atoms with Crippen molar-refractivity contribution in [2.45, 2.75) is 93.9 Å². The number of nitroso groups, excluding NO2 is 7. The Morgan fingerprint density at radius 3 is 1.60 bits per heavy atom. The molecule has 1 aromatic heterocycles. The molecule has 472 valence electrons. The lowest BCUT2D eigenvalue weighted by atomic mass is 9.98. The summed E-state index contributed by atoms with van der Waals surface area (Å²) in [6, 6.07) is 20.8. The van der Waals surface area contributed by atoms with E-state index in [2.05, 4.69) is 37.0 Å². The third kappa shape index (κ3) is 14.8. The summed E-state index contributed by atoms with van der Waals surface area (Å²) in [6.45, 7) is -1.58. The van der Waals surface area contributed by atoms with E-state index >= 15 is 28.8 Å². The number of nitrogens with two attached hydrogens (primary N) is 2. The van der Waals surface area contributed by atoms with E-state index in [0.29, 0.717) is 10.6 Å². The van der Waals surface area contributed by atoms with Gasteiger partial charge in [-0.05, 0) is 71.8 Å². The Kier molecular flexibility index (Phi) is 22.4. The van der Waals surface area contributed by atoms with Gasteiger partial charge in [0.2, 0.25) is 5.91 Å². The first-order chi connectivity index (χ1) is 44.2. The Labute approximate surface area is 515 Å². The van der Waals surface area contributed by atoms with Crippen LogP contribution in [0.15, 0.2) is 183 Å². The summed E-state index contributed by atoms with van der Waals surface area (Å²) in [5.74, 6) is -9.32. The molecule has 0 bridgehead atoms. The molecule has 4 N–H and O–H groups in total. The molecule has 0 radical (unpaired) electrons. The highest BCUT2D eigenvalue weighted by molar-refractivity contribution is 5.99. The second-order valence-corrected chi connectivity index (χ2v) is 20.8. The van der Waals surface area contributed by atoms with Crippen LogP contribution in [-0.2, 0) is 59.4 Å². The predicted molar refractivity (Wildman–Crippen MR) is 320 cm³/mol. The van der Waals surface area contributed by atoms with Crippen LogP contribution in [0.5, 0.6) is 5.75 Å². The minimum atomic E-state index is -2.49. The lowest BCUT2D eigenvalue weighted by Gasteiger charge is -2.37. The number of hydrogen-bond acceptors (Lipinski definition) is 25. The zero-order chi connectivity index (χ0) is 65.1. The topological polar surface area (TPSA) is 424 Å². The number of unbranched alkanes of at least 4 members (excludes halogenated alkanes) is 1. The first-order valence-corrected chi connectivity index (χ1v) is 28.3. The number of rotatable bonds is 24. The molecule has 0 saturated carbocycles. The summed E-state index contributed by atoms with van der Waals surface area (Å²) in [6.07, 6.45) is -5.87. The van der Waals surface area contributed by atoms with Crippen LogP contribution >= 0.6 is 0 Å². The summed E-state index contributed by atoms with van der Waals surface area (Å²) in [7, 11) is 0. The number of ether oxygens (including phenoxy) is 2. The van der Waals surface area contributed by atoms with Gasteiger partial charge in [0, 0.05) is 43.8 Å². The minimum absolute atomic E-state index is 0.00479. The van der Waals surface area contributed by atoms with Crippen molar-refractivity contribution in [2.75, 3.05) is 26.2 Å². The van der Waals surface area contributed by atoms with Gasteiger partial charge >= 0.3 is 6.09 Å². The average Bonchev–Trinajstić information content (AvgIpc) is 1.91. The van der Waals surface area contributed by atoms with Crippen molar-refractivity contribution in [3.8, 4) is 5.75 Å². The second kappa shape index (κ2) is 31.0. The van der Waals surface area contributed by atoms with Gasteiger partial charge < -0.3 is 25.8 Å². The molecule has 2 saturated heterocycles. The maximum atomic E-state index is 15.8. The number of carbonyl (C=O) groups excluding carboxylic acids is 7. The van der Waals surface area contributed by atoms with Crippen LogP contribution in [0.25, 0.3) is 10.9 Å². The van der Waals surface area contributed by atoms with Crippen LogP contribution in [0.3, 0.4) is 0 Å². The van der Waals surface area contributed by atoms with Crippen LogP contribution in [0.1, 0.15) is 59.5 Å². The number of aromatic nitrogens is 1. The van der Waals surface area contributed by atoms with Crippen LogP contribution in [0, 0.1) is 34.3 Å². The molecule has 7 amide bonds. The number of amides is 7. The molecule has 2 aliphatic heterocycles. The molecule has 6 aromatic rings. The predicted octanol–water partition coefficient (Wildman–Crippen LogP) is 5.73. The summed E-state index contributed by atoms with van der Waals surface area (Å²) in [4.78, 5) is 201. The highest BCUT2D eigenvalue weighted by Gasteiger charge is 2.53. The van der Waals surface area contributed by atoms with Crippen molar-refractivity contribution in [1.29, 1.82) is 0 Å². The fourth-order valence-corrected chi connectivity index (χ4v) is 10.9. The smallest absolute Gasteiger partial charge is 0.433 e. The molecular weight excluding hydrogens is 1190 g/mol. The van der Waals surface area contributed by atoms with Crippen molar-refractivity contribution in [1.82, 2.24) is 39.6 Å². The quantitative estimate of drug-likeness (QED) is 0.0414. The van der Waals surface area contributed by atoms with Gasteiger partial charge in [0.1, 0.15) is 48.7 Å². The molecule has 7 atom stereocenters. The Morgan fingerprint density at radius 1 is 0.516 bits per heavy atom. The highest BCUT2D eigenvalue weighted by Crippen LogP contribution is 2.35. The van der Waals surface area contributed by atoms with E-state index in [4.69, 9.17) is 20.9 Å². The van der Waals surface area contributed by atoms with Crippen molar-refractivity contribution in [3.63, 3.8) is 0 Å². The summed E-state index contributed by atoms with van der Waals surface area (Å²) >= 11 is 0. The zero-order valence-corrected chi connectivity index (χ0v) is 48.3. The normalized spacial score (nSPS) is 20.4. The number of carbonyl (C=O) groups is 7. The lowest BCUT2D eigenvalue weighted by Crippen LogP contribution is -2.61. The third-order valence-electron chi connectivity index (χ3n) is 15.3. The third-order valence-corrected chi connectivity index (χ3v) is 15.3. The van der Waals surface area contributed by atoms with E-state index < -0.39 is 129 Å². The minimum Gasteiger partial charge on any atom is -0.489 e. The average molecular weight is 1250 g/mol. The first kappa shape index (κ1) is 65.6. The summed E-state index contributed by atoms with van der Waals surface area (Å²) < 4.78 is 12.4. The summed E-state index contributed by atoms with van der Waals surface area (Å²) in [5, 5.41) is 20.8. The van der Waals surface area contributed by atoms with Crippen LogP contribution in [0.4, 0.5) is 4.79 Å². The molecule has 3 heterocycles. The van der Waals surface area contributed by atoms with Crippen LogP contribution in [-0.4, -0.2) is 144 Å². The standard InChI is InChI=1S/C58H59N17O16/c59-27-13-12-22-46-53(77)73(65-87)49(31-38-23-25-42(26-24-38)90-36-39-16-6-2-7-17-39)55(79)72(64-86)48(30-37-14-4-1-5-15-37)52(76)68-35-43(91-58(82)69(61-83)29-28-60)33-47(68)54(78)75(67-89)51(40-18-8-3-9-19-40)57(81)74(66-88)50(56(80)71(46)63-85)32-41-34-70(62-84)45-21-11-10-20-44(41)45/h1-11,14-21,23-26,34,43,46-51H,12-13,22,27-33,35-36,59-60H2/t43-,46+,47+,48+,49+,50-,51+/m1/s1. The van der Waals surface area contributed by atoms with Crippen molar-refractivity contribution in [2.24, 2.45) is 48.5 Å². The van der Waals surface area contributed by atoms with Gasteiger partial charge in [-0.2, -0.15) is 30.1 Å². The molecule has 8 rings (SSSR count). The molecule has 33 nitrogen and oxygen atoms in total. The maximum Gasteiger partial charge on any atom is 0.433 e. The van der Waals surface area contributed by atoms with Gasteiger partial charge in [-0.25, -0.2) is 9.47 Å². The Morgan fingerprint density at radius 2 is 1.03 bits per heavy atom. The van der Waals surface area contributed by atoms with E-state index in [1.54, 1.807) is 18.2 Å². The molecule has 0 aliphatic carbocycles. The van der Waals surface area contributed by atoms with Gasteiger partial charge in [-0.1, -0.05) is 121 Å². The monoisotopic (exact) mass is 1250 g/mol. The van der Waals surface area contributed by atoms with Crippen molar-refractivity contribution < 1.29 is 43.0 Å². The number of fused-ring (bicyclic) bond motifs is 2. The number of nitrogens with zero attached hydrogens (tertiary/aromatic N) is 15. The van der Waals surface area contributed by atoms with Gasteiger partial charge in [-0.15, -0.1) is 34.3 Å². The van der Waals surface area contributed by atoms with Crippen LogP contribution < -0.4 is 16.2 Å². The zero-order valence-electron chi connectivity index (χ0n) is 48.3. The van der Waals surface area contributed by atoms with Crippen molar-refractivity contribution >= 4 is 52.4 Å². The maximum absolute atomic E-state index is 15.8. The highest BCUT2D eigenvalue weighted by atomic mass is 16.6. The number of hydrogen-bond donors (Lipinski definition) is 2. The summed E-state index contributed by atoms with van der Waals surface area (Å²) in [5.41, 5.74) is 12.3. The fourth-order valence-electron chi connectivity index (χ4n) is 10.9. The van der Waals surface area contributed by atoms with E-state index in [9.17, 15) is 39.1 Å². The first-order valence-electron chi connectivity index (χ1n) is 28.3. The van der Waals surface area contributed by atoms with E-state index in [1.807, 2.05) is 18.2 Å². The molecule has 2 aliphatic rings. The largest absolute Gasteiger partial charge is 0.489 e. The number of para-hydroxylation sites is 1. The van der Waals surface area contributed by atoms with Gasteiger partial charge in [0.05, 0.1) is 55.6 Å². The second-order valence-electron chi connectivity index (χ2n) is 20.8. The molecule has 5 aromatic carbocycles. The molecule has 0 unspecified atom stereocenters. The van der Waals surface area contributed by atoms with E-state index in [-0.39, 0.29) is 95.7 Å². The fraction of sp³-hybridized carbons (Fsp3) is 0.328. The Hall–Kier alpha value is -11.3. The number of benzene rings is 5. The Balaban J connectivity index is 1.37. The lowest BCUT2D eigenvalue weighted by molar-refractivity contribution is -0.161. The SMILES string of the molecule is NCCCC[C@H]1C(=O)N(N=O)[C@@H](Cc2ccc(OCc3ccccc3)cc2)C(=O)N(N=O)[C@@H](Cc2ccccc2)C(=O)N2C[C@H](OC(=O)N(CCN)N=O)C[C@H]2C(=O)N(N=O)[C@@H](c2ccccc2)C(=O)N(N=O)[C@H](Cc2cn(N=O)c3ccccc23)C(=O)N1N=O. The van der Waals surface area contributed by atoms with Crippen LogP contribution in [0.2, 0.25) is 0 Å². The molecule has 33 heteroatoms. The molecular formula is C58H59N17O16. The van der Waals surface area contributed by atoms with Gasteiger partial charge in [-0.3, -0.25) is 28.8 Å². The van der Waals surface area contributed by atoms with E-state index in [1.165, 1.54) is 103 Å².